The average Bonchev–Trinajstić information content (AvgIpc) is 2.99. The van der Waals surface area contributed by atoms with Gasteiger partial charge in [0.1, 0.15) is 5.82 Å². The Bertz CT molecular complexity index is 377. The second-order valence-corrected chi connectivity index (χ2v) is 5.69. The van der Waals surface area contributed by atoms with Gasteiger partial charge in [0.15, 0.2) is 0 Å². The van der Waals surface area contributed by atoms with E-state index in [2.05, 4.69) is 35.8 Å². The van der Waals surface area contributed by atoms with Crippen LogP contribution in [0, 0.1) is 5.92 Å². The standard InChI is InChI=1S/C15H27N3O/c1-4-7-16-14(13-10-12(2)19-11-13)5-6-15-17-8-9-18(15)3/h8-9,12-14,16H,4-7,10-11H2,1-3H3. The zero-order chi connectivity index (χ0) is 13.7. The van der Waals surface area contributed by atoms with Crippen LogP contribution in [0.4, 0.5) is 0 Å². The van der Waals surface area contributed by atoms with Crippen molar-refractivity contribution in [1.29, 1.82) is 0 Å². The summed E-state index contributed by atoms with van der Waals surface area (Å²) < 4.78 is 7.84. The molecule has 3 unspecified atom stereocenters. The van der Waals surface area contributed by atoms with E-state index in [-0.39, 0.29) is 0 Å². The smallest absolute Gasteiger partial charge is 0.108 e. The monoisotopic (exact) mass is 265 g/mol. The fourth-order valence-electron chi connectivity index (χ4n) is 2.89. The highest BCUT2D eigenvalue weighted by Gasteiger charge is 2.29. The van der Waals surface area contributed by atoms with Crippen molar-refractivity contribution in [2.45, 2.75) is 51.7 Å². The number of hydrogen-bond acceptors (Lipinski definition) is 3. The van der Waals surface area contributed by atoms with Crippen molar-refractivity contribution >= 4 is 0 Å². The van der Waals surface area contributed by atoms with Gasteiger partial charge in [-0.2, -0.15) is 0 Å². The Morgan fingerprint density at radius 3 is 3.00 bits per heavy atom. The van der Waals surface area contributed by atoms with Gasteiger partial charge in [-0.3, -0.25) is 0 Å². The summed E-state index contributed by atoms with van der Waals surface area (Å²) in [7, 11) is 2.07. The quantitative estimate of drug-likeness (QED) is 0.821. The maximum atomic E-state index is 5.73. The van der Waals surface area contributed by atoms with Gasteiger partial charge in [0, 0.05) is 37.8 Å². The number of nitrogens with zero attached hydrogens (tertiary/aromatic N) is 2. The molecule has 0 aromatic carbocycles. The summed E-state index contributed by atoms with van der Waals surface area (Å²) in [4.78, 5) is 4.41. The van der Waals surface area contributed by atoms with E-state index in [1.54, 1.807) is 0 Å². The van der Waals surface area contributed by atoms with E-state index in [1.165, 1.54) is 18.7 Å². The molecule has 0 spiro atoms. The van der Waals surface area contributed by atoms with Crippen molar-refractivity contribution < 1.29 is 4.74 Å². The summed E-state index contributed by atoms with van der Waals surface area (Å²) in [6, 6.07) is 0.557. The minimum atomic E-state index is 0.420. The summed E-state index contributed by atoms with van der Waals surface area (Å²) in [5.41, 5.74) is 0. The van der Waals surface area contributed by atoms with E-state index in [0.29, 0.717) is 18.1 Å². The summed E-state index contributed by atoms with van der Waals surface area (Å²) in [6.45, 7) is 6.39. The fraction of sp³-hybridized carbons (Fsp3) is 0.800. The lowest BCUT2D eigenvalue weighted by atomic mass is 9.93. The molecule has 1 N–H and O–H groups in total. The van der Waals surface area contributed by atoms with E-state index in [4.69, 9.17) is 4.74 Å². The second kappa shape index (κ2) is 7.06. The van der Waals surface area contributed by atoms with Gasteiger partial charge in [0.05, 0.1) is 12.7 Å². The predicted octanol–water partition coefficient (Wildman–Crippen LogP) is 2.15. The Morgan fingerprint density at radius 1 is 1.58 bits per heavy atom. The van der Waals surface area contributed by atoms with Crippen LogP contribution in [0.3, 0.4) is 0 Å². The van der Waals surface area contributed by atoms with Crippen LogP contribution in [0.5, 0.6) is 0 Å². The number of aromatic nitrogens is 2. The van der Waals surface area contributed by atoms with Crippen LogP contribution in [-0.4, -0.2) is 34.8 Å². The van der Waals surface area contributed by atoms with Crippen LogP contribution in [0.1, 0.15) is 38.9 Å². The molecule has 19 heavy (non-hydrogen) atoms. The van der Waals surface area contributed by atoms with Gasteiger partial charge in [-0.1, -0.05) is 6.92 Å². The Hall–Kier alpha value is -0.870. The molecule has 1 aromatic rings. The van der Waals surface area contributed by atoms with Crippen LogP contribution < -0.4 is 5.32 Å². The molecule has 2 heterocycles. The topological polar surface area (TPSA) is 39.1 Å². The van der Waals surface area contributed by atoms with Gasteiger partial charge < -0.3 is 14.6 Å². The van der Waals surface area contributed by atoms with Gasteiger partial charge in [0.25, 0.3) is 0 Å². The number of ether oxygens (including phenoxy) is 1. The first-order chi connectivity index (χ1) is 9.20. The van der Waals surface area contributed by atoms with Crippen LogP contribution in [-0.2, 0) is 18.2 Å². The molecule has 4 heteroatoms. The molecule has 108 valence electrons. The molecule has 1 aromatic heterocycles. The summed E-state index contributed by atoms with van der Waals surface area (Å²) in [6.07, 6.45) is 8.87. The van der Waals surface area contributed by atoms with Crippen molar-refractivity contribution in [2.75, 3.05) is 13.2 Å². The van der Waals surface area contributed by atoms with Gasteiger partial charge in [-0.15, -0.1) is 0 Å². The summed E-state index contributed by atoms with van der Waals surface area (Å²) in [5.74, 6) is 1.83. The Morgan fingerprint density at radius 2 is 2.42 bits per heavy atom. The molecular formula is C15H27N3O. The summed E-state index contributed by atoms with van der Waals surface area (Å²) >= 11 is 0. The second-order valence-electron chi connectivity index (χ2n) is 5.69. The molecule has 0 amide bonds. The molecule has 1 fully saturated rings. The molecule has 4 nitrogen and oxygen atoms in total. The maximum Gasteiger partial charge on any atom is 0.108 e. The molecular weight excluding hydrogens is 238 g/mol. The van der Waals surface area contributed by atoms with Crippen molar-refractivity contribution in [1.82, 2.24) is 14.9 Å². The zero-order valence-electron chi connectivity index (χ0n) is 12.4. The lowest BCUT2D eigenvalue weighted by Crippen LogP contribution is -2.37. The number of rotatable bonds is 7. The third-order valence-corrected chi connectivity index (χ3v) is 4.05. The van der Waals surface area contributed by atoms with Crippen molar-refractivity contribution in [3.8, 4) is 0 Å². The lowest BCUT2D eigenvalue weighted by Gasteiger charge is -2.23. The number of nitrogens with one attached hydrogen (secondary N) is 1. The summed E-state index contributed by atoms with van der Waals surface area (Å²) in [5, 5.41) is 3.70. The molecule has 0 aliphatic carbocycles. The molecule has 3 atom stereocenters. The molecule has 2 rings (SSSR count). The van der Waals surface area contributed by atoms with Gasteiger partial charge in [0.2, 0.25) is 0 Å². The molecule has 0 radical (unpaired) electrons. The maximum absolute atomic E-state index is 5.73. The Kier molecular flexibility index (Phi) is 5.40. The van der Waals surface area contributed by atoms with E-state index < -0.39 is 0 Å². The minimum Gasteiger partial charge on any atom is -0.378 e. The lowest BCUT2D eigenvalue weighted by molar-refractivity contribution is 0.116. The highest BCUT2D eigenvalue weighted by Crippen LogP contribution is 2.24. The molecule has 1 aliphatic heterocycles. The Balaban J connectivity index is 1.88. The molecule has 0 saturated carbocycles. The normalized spacial score (nSPS) is 24.8. The van der Waals surface area contributed by atoms with Gasteiger partial charge in [-0.25, -0.2) is 4.98 Å². The van der Waals surface area contributed by atoms with Gasteiger partial charge >= 0.3 is 0 Å². The van der Waals surface area contributed by atoms with Crippen LogP contribution in [0.15, 0.2) is 12.4 Å². The first-order valence-corrected chi connectivity index (χ1v) is 7.52. The average molecular weight is 265 g/mol. The largest absolute Gasteiger partial charge is 0.378 e. The van der Waals surface area contributed by atoms with E-state index in [0.717, 1.165) is 26.0 Å². The molecule has 0 bridgehead atoms. The van der Waals surface area contributed by atoms with Crippen LogP contribution >= 0.6 is 0 Å². The third kappa shape index (κ3) is 4.05. The van der Waals surface area contributed by atoms with E-state index in [9.17, 15) is 0 Å². The third-order valence-electron chi connectivity index (χ3n) is 4.05. The predicted molar refractivity (Wildman–Crippen MR) is 77.1 cm³/mol. The SMILES string of the molecule is CCCNC(CCc1nccn1C)C1COC(C)C1. The van der Waals surface area contributed by atoms with Crippen molar-refractivity contribution in [3.05, 3.63) is 18.2 Å². The van der Waals surface area contributed by atoms with E-state index in [1.807, 2.05) is 12.4 Å². The number of hydrogen-bond donors (Lipinski definition) is 1. The number of imidazole rings is 1. The van der Waals surface area contributed by atoms with Crippen LogP contribution in [0.25, 0.3) is 0 Å². The molecule has 1 aliphatic rings. The van der Waals surface area contributed by atoms with Crippen LogP contribution in [0.2, 0.25) is 0 Å². The highest BCUT2D eigenvalue weighted by atomic mass is 16.5. The first-order valence-electron chi connectivity index (χ1n) is 7.52. The highest BCUT2D eigenvalue weighted by molar-refractivity contribution is 4.93. The molecule has 1 saturated heterocycles. The van der Waals surface area contributed by atoms with Crippen molar-refractivity contribution in [2.24, 2.45) is 13.0 Å². The van der Waals surface area contributed by atoms with Gasteiger partial charge in [-0.05, 0) is 32.7 Å². The van der Waals surface area contributed by atoms with Crippen molar-refractivity contribution in [3.63, 3.8) is 0 Å². The first kappa shape index (κ1) is 14.5. The minimum absolute atomic E-state index is 0.420. The van der Waals surface area contributed by atoms with E-state index >= 15 is 0 Å². The Labute approximate surface area is 116 Å². The number of aryl methyl sites for hydroxylation is 2. The fourth-order valence-corrected chi connectivity index (χ4v) is 2.89. The zero-order valence-corrected chi connectivity index (χ0v) is 12.4.